The molecule has 1 heterocycles. The second-order valence-electron chi connectivity index (χ2n) is 6.52. The number of nitrogens with zero attached hydrogens (tertiary/aromatic N) is 1. The van der Waals surface area contributed by atoms with Crippen molar-refractivity contribution in [3.05, 3.63) is 71.1 Å². The lowest BCUT2D eigenvalue weighted by Crippen LogP contribution is -2.08. The number of carbonyl (C=O) groups excluding carboxylic acids is 1. The van der Waals surface area contributed by atoms with Gasteiger partial charge in [0.1, 0.15) is 18.1 Å². The van der Waals surface area contributed by atoms with E-state index in [1.54, 1.807) is 44.6 Å². The SMILES string of the molecule is COc1ccccc1NC(=O)C=Cc1ccc(OCc2c(C)noc2C)c(OC)c1. The molecule has 0 spiro atoms. The van der Waals surface area contributed by atoms with Crippen LogP contribution in [0.2, 0.25) is 0 Å². The molecule has 0 saturated carbocycles. The molecule has 1 aromatic heterocycles. The number of ether oxygens (including phenoxy) is 3. The molecule has 0 radical (unpaired) electrons. The van der Waals surface area contributed by atoms with E-state index < -0.39 is 0 Å². The van der Waals surface area contributed by atoms with Crippen molar-refractivity contribution < 1.29 is 23.5 Å². The Bertz CT molecular complexity index is 1040. The third kappa shape index (κ3) is 5.00. The molecule has 3 rings (SSSR count). The van der Waals surface area contributed by atoms with Gasteiger partial charge in [0.25, 0.3) is 0 Å². The maximum Gasteiger partial charge on any atom is 0.248 e. The largest absolute Gasteiger partial charge is 0.495 e. The number of hydrogen-bond donors (Lipinski definition) is 1. The molecule has 3 aromatic rings. The Morgan fingerprint density at radius 2 is 1.83 bits per heavy atom. The molecule has 0 fully saturated rings. The average Bonchev–Trinajstić information content (AvgIpc) is 3.08. The molecule has 7 heteroatoms. The zero-order chi connectivity index (χ0) is 21.5. The number of benzene rings is 2. The fourth-order valence-electron chi connectivity index (χ4n) is 2.86. The summed E-state index contributed by atoms with van der Waals surface area (Å²) in [6.45, 7) is 4.05. The van der Waals surface area contributed by atoms with Crippen LogP contribution in [-0.4, -0.2) is 25.3 Å². The zero-order valence-corrected chi connectivity index (χ0v) is 17.4. The van der Waals surface area contributed by atoms with Gasteiger partial charge in [-0.05, 0) is 49.8 Å². The second-order valence-corrected chi connectivity index (χ2v) is 6.52. The van der Waals surface area contributed by atoms with Gasteiger partial charge >= 0.3 is 0 Å². The lowest BCUT2D eigenvalue weighted by Gasteiger charge is -2.11. The summed E-state index contributed by atoms with van der Waals surface area (Å²) >= 11 is 0. The Labute approximate surface area is 175 Å². The van der Waals surface area contributed by atoms with Crippen LogP contribution < -0.4 is 19.5 Å². The number of nitrogens with one attached hydrogen (secondary N) is 1. The smallest absolute Gasteiger partial charge is 0.248 e. The van der Waals surface area contributed by atoms with Crippen LogP contribution in [0.25, 0.3) is 6.08 Å². The van der Waals surface area contributed by atoms with Gasteiger partial charge in [-0.25, -0.2) is 0 Å². The van der Waals surface area contributed by atoms with Crippen molar-refractivity contribution in [3.8, 4) is 17.2 Å². The van der Waals surface area contributed by atoms with E-state index in [1.165, 1.54) is 6.08 Å². The number of para-hydroxylation sites is 2. The van der Waals surface area contributed by atoms with Gasteiger partial charge in [0.15, 0.2) is 11.5 Å². The van der Waals surface area contributed by atoms with Crippen LogP contribution in [0.3, 0.4) is 0 Å². The lowest BCUT2D eigenvalue weighted by atomic mass is 10.1. The molecule has 30 heavy (non-hydrogen) atoms. The third-order valence-corrected chi connectivity index (χ3v) is 4.53. The highest BCUT2D eigenvalue weighted by molar-refractivity contribution is 6.02. The zero-order valence-electron chi connectivity index (χ0n) is 17.4. The minimum Gasteiger partial charge on any atom is -0.495 e. The van der Waals surface area contributed by atoms with Crippen molar-refractivity contribution in [1.29, 1.82) is 0 Å². The van der Waals surface area contributed by atoms with Crippen LogP contribution in [0.1, 0.15) is 22.6 Å². The van der Waals surface area contributed by atoms with Crippen molar-refractivity contribution >= 4 is 17.7 Å². The van der Waals surface area contributed by atoms with Gasteiger partial charge in [-0.3, -0.25) is 4.79 Å². The number of aryl methyl sites for hydroxylation is 2. The predicted molar refractivity (Wildman–Crippen MR) is 114 cm³/mol. The van der Waals surface area contributed by atoms with Crippen LogP contribution >= 0.6 is 0 Å². The molecule has 0 aliphatic heterocycles. The summed E-state index contributed by atoms with van der Waals surface area (Å²) in [4.78, 5) is 12.2. The molecular formula is C23H24N2O5. The van der Waals surface area contributed by atoms with E-state index in [0.717, 1.165) is 22.6 Å². The first kappa shape index (κ1) is 21.0. The highest BCUT2D eigenvalue weighted by Gasteiger charge is 2.12. The van der Waals surface area contributed by atoms with Gasteiger partial charge in [0.05, 0.1) is 31.2 Å². The van der Waals surface area contributed by atoms with Gasteiger partial charge in [0, 0.05) is 6.08 Å². The fourth-order valence-corrected chi connectivity index (χ4v) is 2.86. The van der Waals surface area contributed by atoms with Crippen LogP contribution in [0.15, 0.2) is 53.1 Å². The molecule has 1 N–H and O–H groups in total. The lowest BCUT2D eigenvalue weighted by molar-refractivity contribution is -0.111. The van der Waals surface area contributed by atoms with Crippen LogP contribution in [-0.2, 0) is 11.4 Å². The van der Waals surface area contributed by atoms with Gasteiger partial charge in [0.2, 0.25) is 5.91 Å². The number of hydrogen-bond acceptors (Lipinski definition) is 6. The Balaban J connectivity index is 1.67. The highest BCUT2D eigenvalue weighted by Crippen LogP contribution is 2.30. The summed E-state index contributed by atoms with van der Waals surface area (Å²) in [7, 11) is 3.13. The van der Waals surface area contributed by atoms with E-state index >= 15 is 0 Å². The van der Waals surface area contributed by atoms with E-state index in [2.05, 4.69) is 10.5 Å². The average molecular weight is 408 g/mol. The van der Waals surface area contributed by atoms with Gasteiger partial charge in [-0.15, -0.1) is 0 Å². The van der Waals surface area contributed by atoms with E-state index in [-0.39, 0.29) is 5.91 Å². The predicted octanol–water partition coefficient (Wildman–Crippen LogP) is 4.54. The Kier molecular flexibility index (Phi) is 6.75. The maximum absolute atomic E-state index is 12.2. The molecule has 2 aromatic carbocycles. The summed E-state index contributed by atoms with van der Waals surface area (Å²) in [5.74, 6) is 2.21. The van der Waals surface area contributed by atoms with Crippen molar-refractivity contribution in [2.45, 2.75) is 20.5 Å². The summed E-state index contributed by atoms with van der Waals surface area (Å²) < 4.78 is 21.7. The van der Waals surface area contributed by atoms with Crippen LogP contribution in [0, 0.1) is 13.8 Å². The summed E-state index contributed by atoms with van der Waals surface area (Å²) in [5.41, 5.74) is 3.11. The second kappa shape index (κ2) is 9.65. The molecule has 0 saturated heterocycles. The van der Waals surface area contributed by atoms with Gasteiger partial charge in [-0.2, -0.15) is 0 Å². The molecule has 1 amide bonds. The minimum atomic E-state index is -0.266. The fraction of sp³-hybridized carbons (Fsp3) is 0.217. The first-order valence-corrected chi connectivity index (χ1v) is 9.36. The Morgan fingerprint density at radius 1 is 1.07 bits per heavy atom. The quantitative estimate of drug-likeness (QED) is 0.551. The van der Waals surface area contributed by atoms with Crippen molar-refractivity contribution in [2.75, 3.05) is 19.5 Å². The number of anilines is 1. The van der Waals surface area contributed by atoms with Gasteiger partial charge < -0.3 is 24.1 Å². The molecule has 0 bridgehead atoms. The topological polar surface area (TPSA) is 82.8 Å². The Morgan fingerprint density at radius 3 is 2.53 bits per heavy atom. The van der Waals surface area contributed by atoms with E-state index in [4.69, 9.17) is 18.7 Å². The number of rotatable bonds is 8. The monoisotopic (exact) mass is 408 g/mol. The Hall–Kier alpha value is -3.74. The van der Waals surface area contributed by atoms with E-state index in [0.29, 0.717) is 29.5 Å². The number of aromatic nitrogens is 1. The standard InChI is InChI=1S/C23H24N2O5/c1-15-18(16(2)30-25-15)14-29-21-11-9-17(13-22(21)28-4)10-12-23(26)24-19-7-5-6-8-20(19)27-3/h5-13H,14H2,1-4H3,(H,24,26). The molecule has 156 valence electrons. The first-order valence-electron chi connectivity index (χ1n) is 9.36. The van der Waals surface area contributed by atoms with Crippen molar-refractivity contribution in [1.82, 2.24) is 5.16 Å². The number of amides is 1. The maximum atomic E-state index is 12.2. The van der Waals surface area contributed by atoms with Crippen molar-refractivity contribution in [2.24, 2.45) is 0 Å². The summed E-state index contributed by atoms with van der Waals surface area (Å²) in [6, 6.07) is 12.7. The molecular weight excluding hydrogens is 384 g/mol. The number of methoxy groups -OCH3 is 2. The molecule has 0 unspecified atom stereocenters. The molecule has 0 atom stereocenters. The van der Waals surface area contributed by atoms with Crippen LogP contribution in [0.4, 0.5) is 5.69 Å². The van der Waals surface area contributed by atoms with E-state index in [1.807, 2.05) is 32.0 Å². The summed E-state index contributed by atoms with van der Waals surface area (Å²) in [5, 5.41) is 6.72. The van der Waals surface area contributed by atoms with Crippen molar-refractivity contribution in [3.63, 3.8) is 0 Å². The molecule has 7 nitrogen and oxygen atoms in total. The van der Waals surface area contributed by atoms with Crippen LogP contribution in [0.5, 0.6) is 17.2 Å². The van der Waals surface area contributed by atoms with Gasteiger partial charge in [-0.1, -0.05) is 23.4 Å². The minimum absolute atomic E-state index is 0.266. The highest BCUT2D eigenvalue weighted by atomic mass is 16.5. The summed E-state index contributed by atoms with van der Waals surface area (Å²) in [6.07, 6.45) is 3.15. The van der Waals surface area contributed by atoms with E-state index in [9.17, 15) is 4.79 Å². The number of carbonyl (C=O) groups is 1. The molecule has 0 aliphatic rings. The molecule has 0 aliphatic carbocycles. The third-order valence-electron chi connectivity index (χ3n) is 4.53. The normalized spacial score (nSPS) is 10.8. The first-order chi connectivity index (χ1) is 14.5.